The van der Waals surface area contributed by atoms with E-state index in [0.717, 1.165) is 51.6 Å². The molecule has 0 bridgehead atoms. The Bertz CT molecular complexity index is 188. The molecule has 1 N–H and O–H groups in total. The SMILES string of the molecule is CCCC(CCO)CN1CCCCC1=O. The second-order valence-electron chi connectivity index (χ2n) is 4.46. The van der Waals surface area contributed by atoms with E-state index < -0.39 is 0 Å². The lowest BCUT2D eigenvalue weighted by molar-refractivity contribution is -0.134. The number of nitrogens with zero attached hydrogens (tertiary/aromatic N) is 1. The van der Waals surface area contributed by atoms with Crippen LogP contribution in [-0.4, -0.2) is 35.6 Å². The van der Waals surface area contributed by atoms with Gasteiger partial charge in [0.25, 0.3) is 0 Å². The van der Waals surface area contributed by atoms with Crippen molar-refractivity contribution in [2.45, 2.75) is 45.4 Å². The largest absolute Gasteiger partial charge is 0.396 e. The minimum absolute atomic E-state index is 0.243. The summed E-state index contributed by atoms with van der Waals surface area (Å²) in [5.41, 5.74) is 0. The fourth-order valence-corrected chi connectivity index (χ4v) is 2.28. The quantitative estimate of drug-likeness (QED) is 0.731. The summed E-state index contributed by atoms with van der Waals surface area (Å²) in [6.45, 7) is 4.17. The molecule has 0 spiro atoms. The van der Waals surface area contributed by atoms with Crippen LogP contribution < -0.4 is 0 Å². The molecule has 1 unspecified atom stereocenters. The zero-order valence-electron chi connectivity index (χ0n) is 9.74. The number of rotatable bonds is 6. The number of hydrogen-bond acceptors (Lipinski definition) is 2. The first-order valence-electron chi connectivity index (χ1n) is 6.16. The van der Waals surface area contributed by atoms with Gasteiger partial charge in [-0.1, -0.05) is 13.3 Å². The molecule has 0 saturated carbocycles. The fourth-order valence-electron chi connectivity index (χ4n) is 2.28. The van der Waals surface area contributed by atoms with Gasteiger partial charge in [0.15, 0.2) is 0 Å². The molecule has 1 rings (SSSR count). The van der Waals surface area contributed by atoms with Crippen molar-refractivity contribution in [2.75, 3.05) is 19.7 Å². The Morgan fingerprint density at radius 3 is 2.80 bits per heavy atom. The highest BCUT2D eigenvalue weighted by Crippen LogP contribution is 2.17. The number of carbonyl (C=O) groups excluding carboxylic acids is 1. The molecule has 1 heterocycles. The summed E-state index contributed by atoms with van der Waals surface area (Å²) in [5, 5.41) is 8.96. The highest BCUT2D eigenvalue weighted by atomic mass is 16.3. The third kappa shape index (κ3) is 4.20. The Morgan fingerprint density at radius 2 is 2.20 bits per heavy atom. The van der Waals surface area contributed by atoms with Gasteiger partial charge in [-0.05, 0) is 31.6 Å². The van der Waals surface area contributed by atoms with Gasteiger partial charge in [-0.25, -0.2) is 0 Å². The van der Waals surface area contributed by atoms with E-state index in [1.54, 1.807) is 0 Å². The second-order valence-corrected chi connectivity index (χ2v) is 4.46. The molecule has 1 amide bonds. The highest BCUT2D eigenvalue weighted by molar-refractivity contribution is 5.76. The maximum Gasteiger partial charge on any atom is 0.222 e. The van der Waals surface area contributed by atoms with Gasteiger partial charge in [0.2, 0.25) is 5.91 Å². The van der Waals surface area contributed by atoms with Crippen LogP contribution in [-0.2, 0) is 4.79 Å². The van der Waals surface area contributed by atoms with Crippen LogP contribution in [0.5, 0.6) is 0 Å². The predicted octanol–water partition coefficient (Wildman–Crippen LogP) is 1.80. The van der Waals surface area contributed by atoms with Gasteiger partial charge in [-0.3, -0.25) is 4.79 Å². The molecule has 3 nitrogen and oxygen atoms in total. The molecule has 0 aromatic rings. The first kappa shape index (κ1) is 12.5. The Labute approximate surface area is 92.5 Å². The standard InChI is InChI=1S/C12H23NO2/c1-2-5-11(7-9-14)10-13-8-4-3-6-12(13)15/h11,14H,2-10H2,1H3. The van der Waals surface area contributed by atoms with E-state index in [2.05, 4.69) is 6.92 Å². The van der Waals surface area contributed by atoms with Gasteiger partial charge in [-0.2, -0.15) is 0 Å². The Balaban J connectivity index is 2.37. The lowest BCUT2D eigenvalue weighted by Gasteiger charge is -2.30. The lowest BCUT2D eigenvalue weighted by Crippen LogP contribution is -2.39. The number of piperidine rings is 1. The van der Waals surface area contributed by atoms with Gasteiger partial charge < -0.3 is 10.0 Å². The van der Waals surface area contributed by atoms with Crippen molar-refractivity contribution in [3.8, 4) is 0 Å². The normalized spacial score (nSPS) is 19.3. The number of aliphatic hydroxyl groups is 1. The van der Waals surface area contributed by atoms with Crippen molar-refractivity contribution < 1.29 is 9.90 Å². The Kier molecular flexibility index (Phi) is 5.69. The van der Waals surface area contributed by atoms with Crippen molar-refractivity contribution in [2.24, 2.45) is 5.92 Å². The number of likely N-dealkylation sites (tertiary alicyclic amines) is 1. The van der Waals surface area contributed by atoms with Crippen LogP contribution in [0.1, 0.15) is 45.4 Å². The molecule has 1 fully saturated rings. The minimum atomic E-state index is 0.243. The molecule has 88 valence electrons. The number of carbonyl (C=O) groups is 1. The third-order valence-corrected chi connectivity index (χ3v) is 3.13. The zero-order valence-corrected chi connectivity index (χ0v) is 9.74. The maximum absolute atomic E-state index is 11.6. The fraction of sp³-hybridized carbons (Fsp3) is 0.917. The third-order valence-electron chi connectivity index (χ3n) is 3.13. The average molecular weight is 213 g/mol. The van der Waals surface area contributed by atoms with Gasteiger partial charge in [-0.15, -0.1) is 0 Å². The summed E-state index contributed by atoms with van der Waals surface area (Å²) in [6, 6.07) is 0. The van der Waals surface area contributed by atoms with Crippen molar-refractivity contribution in [3.05, 3.63) is 0 Å². The zero-order chi connectivity index (χ0) is 11.1. The average Bonchev–Trinajstić information content (AvgIpc) is 2.22. The summed E-state index contributed by atoms with van der Waals surface area (Å²) in [5.74, 6) is 0.794. The molecular weight excluding hydrogens is 190 g/mol. The molecule has 1 saturated heterocycles. The first-order valence-corrected chi connectivity index (χ1v) is 6.16. The Morgan fingerprint density at radius 1 is 1.40 bits per heavy atom. The number of hydrogen-bond donors (Lipinski definition) is 1. The van der Waals surface area contributed by atoms with Gasteiger partial charge in [0.05, 0.1) is 0 Å². The number of amides is 1. The monoisotopic (exact) mass is 213 g/mol. The molecule has 1 aliphatic heterocycles. The van der Waals surface area contributed by atoms with E-state index in [4.69, 9.17) is 5.11 Å². The summed E-state index contributed by atoms with van der Waals surface area (Å²) in [6.07, 6.45) is 5.99. The van der Waals surface area contributed by atoms with Crippen LogP contribution in [0.25, 0.3) is 0 Å². The first-order chi connectivity index (χ1) is 7.27. The molecule has 1 aliphatic rings. The highest BCUT2D eigenvalue weighted by Gasteiger charge is 2.20. The molecular formula is C12H23NO2. The summed E-state index contributed by atoms with van der Waals surface area (Å²) in [4.78, 5) is 13.6. The van der Waals surface area contributed by atoms with Crippen molar-refractivity contribution >= 4 is 5.91 Å². The summed E-state index contributed by atoms with van der Waals surface area (Å²) in [7, 11) is 0. The lowest BCUT2D eigenvalue weighted by atomic mass is 9.98. The van der Waals surface area contributed by atoms with Crippen LogP contribution in [0.15, 0.2) is 0 Å². The molecule has 0 radical (unpaired) electrons. The molecule has 1 atom stereocenters. The molecule has 0 aromatic heterocycles. The van der Waals surface area contributed by atoms with Crippen molar-refractivity contribution in [1.82, 2.24) is 4.90 Å². The van der Waals surface area contributed by atoms with E-state index >= 15 is 0 Å². The topological polar surface area (TPSA) is 40.5 Å². The minimum Gasteiger partial charge on any atom is -0.396 e. The Hall–Kier alpha value is -0.570. The van der Waals surface area contributed by atoms with Crippen LogP contribution in [0.2, 0.25) is 0 Å². The molecule has 0 aromatic carbocycles. The predicted molar refractivity (Wildman–Crippen MR) is 60.5 cm³/mol. The molecule has 3 heteroatoms. The second kappa shape index (κ2) is 6.83. The summed E-state index contributed by atoms with van der Waals surface area (Å²) < 4.78 is 0. The maximum atomic E-state index is 11.6. The van der Waals surface area contributed by atoms with Crippen molar-refractivity contribution in [1.29, 1.82) is 0 Å². The van der Waals surface area contributed by atoms with Crippen LogP contribution in [0.3, 0.4) is 0 Å². The van der Waals surface area contributed by atoms with E-state index in [1.165, 1.54) is 0 Å². The van der Waals surface area contributed by atoms with Crippen LogP contribution in [0, 0.1) is 5.92 Å². The van der Waals surface area contributed by atoms with Crippen LogP contribution in [0.4, 0.5) is 0 Å². The molecule has 15 heavy (non-hydrogen) atoms. The summed E-state index contributed by atoms with van der Waals surface area (Å²) >= 11 is 0. The van der Waals surface area contributed by atoms with Crippen molar-refractivity contribution in [3.63, 3.8) is 0 Å². The van der Waals surface area contributed by atoms with Gasteiger partial charge in [0, 0.05) is 26.1 Å². The number of aliphatic hydroxyl groups excluding tert-OH is 1. The van der Waals surface area contributed by atoms with Gasteiger partial charge >= 0.3 is 0 Å². The van der Waals surface area contributed by atoms with E-state index in [0.29, 0.717) is 11.8 Å². The van der Waals surface area contributed by atoms with E-state index in [-0.39, 0.29) is 6.61 Å². The smallest absolute Gasteiger partial charge is 0.222 e. The molecule has 0 aliphatic carbocycles. The van der Waals surface area contributed by atoms with Crippen LogP contribution >= 0.6 is 0 Å². The van der Waals surface area contributed by atoms with E-state index in [9.17, 15) is 4.79 Å². The van der Waals surface area contributed by atoms with Gasteiger partial charge in [0.1, 0.15) is 0 Å². The van der Waals surface area contributed by atoms with E-state index in [1.807, 2.05) is 4.90 Å².